The lowest BCUT2D eigenvalue weighted by atomic mass is 10.0. The highest BCUT2D eigenvalue weighted by Crippen LogP contribution is 2.25. The first kappa shape index (κ1) is 26.0. The van der Waals surface area contributed by atoms with Gasteiger partial charge in [-0.25, -0.2) is 0 Å². The lowest BCUT2D eigenvalue weighted by molar-refractivity contribution is -0.120. The number of hydrogen-bond donors (Lipinski definition) is 2. The fourth-order valence-corrected chi connectivity index (χ4v) is 3.94. The molecule has 0 aromatic heterocycles. The Bertz CT molecular complexity index is 577. The Morgan fingerprint density at radius 3 is 2.52 bits per heavy atom. The molecule has 29 heavy (non-hydrogen) atoms. The van der Waals surface area contributed by atoms with Crippen LogP contribution in [0, 0.1) is 0 Å². The van der Waals surface area contributed by atoms with E-state index < -0.39 is 0 Å². The van der Waals surface area contributed by atoms with Gasteiger partial charge in [0.2, 0.25) is 5.91 Å². The minimum absolute atomic E-state index is 0. The molecule has 0 aliphatic carbocycles. The van der Waals surface area contributed by atoms with Crippen molar-refractivity contribution in [2.24, 2.45) is 0 Å². The van der Waals surface area contributed by atoms with Gasteiger partial charge >= 0.3 is 0 Å². The monoisotopic (exact) mass is 447 g/mol. The summed E-state index contributed by atoms with van der Waals surface area (Å²) in [5.41, 5.74) is 1.23. The summed E-state index contributed by atoms with van der Waals surface area (Å²) in [7, 11) is 1.68. The first-order valence-corrected chi connectivity index (χ1v) is 10.2. The van der Waals surface area contributed by atoms with Crippen LogP contribution in [0.2, 0.25) is 0 Å². The van der Waals surface area contributed by atoms with Crippen LogP contribution in [0.5, 0.6) is 5.75 Å². The molecule has 2 fully saturated rings. The van der Waals surface area contributed by atoms with Gasteiger partial charge in [0, 0.05) is 19.7 Å². The smallest absolute Gasteiger partial charge is 0.234 e. The molecule has 2 unspecified atom stereocenters. The van der Waals surface area contributed by atoms with Crippen LogP contribution < -0.4 is 15.4 Å². The molecule has 1 aromatic rings. The van der Waals surface area contributed by atoms with Crippen LogP contribution in [0.25, 0.3) is 0 Å². The minimum atomic E-state index is 0. The molecule has 2 aliphatic rings. The van der Waals surface area contributed by atoms with Gasteiger partial charge in [-0.15, -0.1) is 24.8 Å². The Hall–Kier alpha value is -1.05. The van der Waals surface area contributed by atoms with Crippen LogP contribution in [-0.2, 0) is 9.53 Å². The third kappa shape index (κ3) is 8.30. The average molecular weight is 448 g/mol. The summed E-state index contributed by atoms with van der Waals surface area (Å²) in [6.45, 7) is 4.75. The van der Waals surface area contributed by atoms with Gasteiger partial charge in [-0.3, -0.25) is 9.69 Å². The fraction of sp³-hybridized carbons (Fsp3) is 0.667. The summed E-state index contributed by atoms with van der Waals surface area (Å²) < 4.78 is 10.9. The number of rotatable bonds is 9. The lowest BCUT2D eigenvalue weighted by Crippen LogP contribution is -2.43. The molecule has 8 heteroatoms. The summed E-state index contributed by atoms with van der Waals surface area (Å²) in [6, 6.07) is 8.42. The maximum Gasteiger partial charge on any atom is 0.234 e. The summed E-state index contributed by atoms with van der Waals surface area (Å²) in [5.74, 6) is 0.905. The van der Waals surface area contributed by atoms with E-state index in [-0.39, 0.29) is 42.9 Å². The van der Waals surface area contributed by atoms with Crippen LogP contribution in [0.15, 0.2) is 24.3 Å². The topological polar surface area (TPSA) is 62.8 Å². The zero-order valence-corrected chi connectivity index (χ0v) is 18.9. The number of piperidine rings is 1. The van der Waals surface area contributed by atoms with E-state index in [0.717, 1.165) is 44.8 Å². The minimum Gasteiger partial charge on any atom is -0.497 e. The van der Waals surface area contributed by atoms with Crippen LogP contribution in [0.1, 0.15) is 43.7 Å². The van der Waals surface area contributed by atoms with Crippen molar-refractivity contribution in [3.05, 3.63) is 29.8 Å². The predicted molar refractivity (Wildman–Crippen MR) is 121 cm³/mol. The Morgan fingerprint density at radius 2 is 1.90 bits per heavy atom. The van der Waals surface area contributed by atoms with Crippen molar-refractivity contribution in [3.8, 4) is 5.75 Å². The standard InChI is InChI=1S/C21H33N3O3.2ClH/c1-26-18-9-7-17(8-10-18)20(24-11-3-2-4-12-24)15-23-21(25)16-22-14-19-6-5-13-27-19;;/h7-10,19-20,22H,2-6,11-16H2,1H3,(H,23,25);2*1H. The Kier molecular flexibility index (Phi) is 12.6. The van der Waals surface area contributed by atoms with E-state index in [9.17, 15) is 4.79 Å². The average Bonchev–Trinajstić information content (AvgIpc) is 3.23. The van der Waals surface area contributed by atoms with Crippen molar-refractivity contribution in [1.82, 2.24) is 15.5 Å². The van der Waals surface area contributed by atoms with Gasteiger partial charge < -0.3 is 20.1 Å². The number of benzene rings is 1. The number of carbonyl (C=O) groups excluding carboxylic acids is 1. The molecule has 1 amide bonds. The third-order valence-electron chi connectivity index (χ3n) is 5.51. The molecule has 2 aliphatic heterocycles. The van der Waals surface area contributed by atoms with E-state index in [1.807, 2.05) is 12.1 Å². The van der Waals surface area contributed by atoms with E-state index in [1.165, 1.54) is 24.8 Å². The molecule has 0 spiro atoms. The molecule has 3 rings (SSSR count). The van der Waals surface area contributed by atoms with Crippen molar-refractivity contribution in [3.63, 3.8) is 0 Å². The van der Waals surface area contributed by atoms with E-state index in [1.54, 1.807) is 7.11 Å². The molecule has 0 bridgehead atoms. The summed E-state index contributed by atoms with van der Waals surface area (Å²) in [4.78, 5) is 14.8. The number of nitrogens with one attached hydrogen (secondary N) is 2. The second-order valence-electron chi connectivity index (χ2n) is 7.46. The highest BCUT2D eigenvalue weighted by atomic mass is 35.5. The molecular formula is C21H35Cl2N3O3. The number of carbonyl (C=O) groups is 1. The Morgan fingerprint density at radius 1 is 1.17 bits per heavy atom. The number of amides is 1. The molecule has 1 aromatic carbocycles. The quantitative estimate of drug-likeness (QED) is 0.608. The fourth-order valence-electron chi connectivity index (χ4n) is 3.94. The summed E-state index contributed by atoms with van der Waals surface area (Å²) in [5, 5.41) is 6.34. The van der Waals surface area contributed by atoms with Crippen molar-refractivity contribution >= 4 is 30.7 Å². The molecule has 2 N–H and O–H groups in total. The number of halogens is 2. The number of hydrogen-bond acceptors (Lipinski definition) is 5. The highest BCUT2D eigenvalue weighted by Gasteiger charge is 2.23. The van der Waals surface area contributed by atoms with Crippen molar-refractivity contribution in [1.29, 1.82) is 0 Å². The predicted octanol–water partition coefficient (Wildman–Crippen LogP) is 2.95. The van der Waals surface area contributed by atoms with Gasteiger partial charge in [-0.2, -0.15) is 0 Å². The van der Waals surface area contributed by atoms with Gasteiger partial charge in [-0.05, 0) is 56.5 Å². The zero-order chi connectivity index (χ0) is 18.9. The second-order valence-corrected chi connectivity index (χ2v) is 7.46. The molecule has 166 valence electrons. The normalized spacial score (nSPS) is 20.2. The molecule has 2 atom stereocenters. The second kappa shape index (κ2) is 14.0. The van der Waals surface area contributed by atoms with E-state index in [2.05, 4.69) is 27.7 Å². The van der Waals surface area contributed by atoms with Crippen LogP contribution in [0.4, 0.5) is 0 Å². The zero-order valence-electron chi connectivity index (χ0n) is 17.2. The molecule has 2 saturated heterocycles. The van der Waals surface area contributed by atoms with Gasteiger partial charge in [0.15, 0.2) is 0 Å². The Balaban J connectivity index is 0.00000210. The first-order valence-electron chi connectivity index (χ1n) is 10.2. The van der Waals surface area contributed by atoms with Crippen LogP contribution in [-0.4, -0.2) is 63.4 Å². The Labute approximate surface area is 186 Å². The van der Waals surface area contributed by atoms with Crippen molar-refractivity contribution in [2.75, 3.05) is 46.4 Å². The van der Waals surface area contributed by atoms with Gasteiger partial charge in [0.05, 0.1) is 25.8 Å². The number of ether oxygens (including phenoxy) is 2. The molecule has 0 radical (unpaired) electrons. The number of methoxy groups -OCH3 is 1. The van der Waals surface area contributed by atoms with Crippen LogP contribution >= 0.6 is 24.8 Å². The van der Waals surface area contributed by atoms with Gasteiger partial charge in [0.1, 0.15) is 5.75 Å². The van der Waals surface area contributed by atoms with Gasteiger partial charge in [-0.1, -0.05) is 18.6 Å². The van der Waals surface area contributed by atoms with E-state index in [0.29, 0.717) is 13.1 Å². The summed E-state index contributed by atoms with van der Waals surface area (Å²) in [6.07, 6.45) is 6.22. The molecule has 6 nitrogen and oxygen atoms in total. The third-order valence-corrected chi connectivity index (χ3v) is 5.51. The first-order chi connectivity index (χ1) is 13.3. The number of nitrogens with zero attached hydrogens (tertiary/aromatic N) is 1. The highest BCUT2D eigenvalue weighted by molar-refractivity contribution is 5.85. The largest absolute Gasteiger partial charge is 0.497 e. The van der Waals surface area contributed by atoms with Crippen LogP contribution in [0.3, 0.4) is 0 Å². The molecular weight excluding hydrogens is 413 g/mol. The maximum atomic E-state index is 12.3. The molecule has 0 saturated carbocycles. The van der Waals surface area contributed by atoms with Crippen molar-refractivity contribution < 1.29 is 14.3 Å². The maximum absolute atomic E-state index is 12.3. The van der Waals surface area contributed by atoms with Gasteiger partial charge in [0.25, 0.3) is 0 Å². The SMILES string of the molecule is COc1ccc(C(CNC(=O)CNCC2CCCO2)N2CCCCC2)cc1.Cl.Cl. The summed E-state index contributed by atoms with van der Waals surface area (Å²) >= 11 is 0. The molecule has 2 heterocycles. The lowest BCUT2D eigenvalue weighted by Gasteiger charge is -2.35. The van der Waals surface area contributed by atoms with E-state index in [4.69, 9.17) is 9.47 Å². The number of likely N-dealkylation sites (tertiary alicyclic amines) is 1. The van der Waals surface area contributed by atoms with Crippen molar-refractivity contribution in [2.45, 2.75) is 44.2 Å². The van der Waals surface area contributed by atoms with E-state index >= 15 is 0 Å².